The van der Waals surface area contributed by atoms with E-state index in [9.17, 15) is 35.4 Å². The highest BCUT2D eigenvalue weighted by molar-refractivity contribution is 6.01. The number of allylic oxidation sites excluding steroid dienone is 1. The van der Waals surface area contributed by atoms with E-state index in [4.69, 9.17) is 0 Å². The van der Waals surface area contributed by atoms with Crippen LogP contribution in [0.5, 0.6) is 0 Å². The Hall–Kier alpha value is -2.52. The summed E-state index contributed by atoms with van der Waals surface area (Å²) in [5, 5.41) is 43.3. The van der Waals surface area contributed by atoms with Crippen molar-refractivity contribution in [2.24, 2.45) is 23.7 Å². The lowest BCUT2D eigenvalue weighted by Gasteiger charge is -2.44. The van der Waals surface area contributed by atoms with Crippen LogP contribution in [0, 0.1) is 49.1 Å². The summed E-state index contributed by atoms with van der Waals surface area (Å²) in [6.45, 7) is 0. The first kappa shape index (κ1) is 14.4. The highest BCUT2D eigenvalue weighted by Crippen LogP contribution is 2.50. The zero-order chi connectivity index (χ0) is 16.2. The van der Waals surface area contributed by atoms with Gasteiger partial charge in [-0.3, -0.25) is 30.2 Å². The summed E-state index contributed by atoms with van der Waals surface area (Å²) in [5.41, 5.74) is -1.01. The van der Waals surface area contributed by atoms with Crippen molar-refractivity contribution < 1.29 is 24.8 Å². The van der Waals surface area contributed by atoms with Crippen LogP contribution in [0.1, 0.15) is 19.3 Å². The van der Waals surface area contributed by atoms with E-state index >= 15 is 0 Å². The average molecular weight is 311 g/mol. The maximum Gasteiger partial charge on any atom is 0.263 e. The van der Waals surface area contributed by atoms with Gasteiger partial charge >= 0.3 is 0 Å². The average Bonchev–Trinajstić information content (AvgIpc) is 2.43. The third-order valence-electron chi connectivity index (χ3n) is 5.02. The van der Waals surface area contributed by atoms with Gasteiger partial charge in [-0.25, -0.2) is 0 Å². The Morgan fingerprint density at radius 3 is 2.18 bits per heavy atom. The number of nitrogens with zero attached hydrogens (tertiary/aromatic N) is 3. The number of nitro groups is 2. The molecule has 2 saturated carbocycles. The van der Waals surface area contributed by atoms with Gasteiger partial charge in [0.15, 0.2) is 0 Å². The number of carbonyl (C=O) groups excluding carboxylic acids is 1. The molecule has 2 fully saturated rings. The molecule has 10 heteroatoms. The fraction of sp³-hybridized carbons (Fsp3) is 0.667. The molecule has 0 aromatic carbocycles. The van der Waals surface area contributed by atoms with Crippen LogP contribution in [0.15, 0.2) is 11.8 Å². The van der Waals surface area contributed by atoms with Crippen LogP contribution in [0.2, 0.25) is 0 Å². The van der Waals surface area contributed by atoms with Crippen molar-refractivity contribution in [1.82, 2.24) is 0 Å². The van der Waals surface area contributed by atoms with Crippen LogP contribution in [-0.4, -0.2) is 37.5 Å². The molecule has 3 aliphatic rings. The standard InChI is InChI=1S/C12H13N3O7/c16-12-5-2-1-3-6(12)10-8(14(19)20)4-7(13(17)18)9(5)11(10)15(21)22/h4-6,9-11H,1-3H2,(H,17,18)/t5-,6+,9+,10+,11-/m1/s1. The summed E-state index contributed by atoms with van der Waals surface area (Å²) < 4.78 is 0. The van der Waals surface area contributed by atoms with Crippen molar-refractivity contribution in [1.29, 1.82) is 0 Å². The molecule has 0 aromatic heterocycles. The van der Waals surface area contributed by atoms with E-state index in [-0.39, 0.29) is 5.78 Å². The van der Waals surface area contributed by atoms with Crippen LogP contribution >= 0.6 is 0 Å². The molecule has 0 spiro atoms. The van der Waals surface area contributed by atoms with E-state index in [2.05, 4.69) is 0 Å². The Balaban J connectivity index is 2.27. The summed E-state index contributed by atoms with van der Waals surface area (Å²) in [6.07, 6.45) is 2.27. The maximum absolute atomic E-state index is 12.4. The number of carbonyl (C=O) groups is 1. The molecule has 3 aliphatic carbocycles. The molecule has 3 rings (SSSR count). The van der Waals surface area contributed by atoms with Crippen molar-refractivity contribution in [3.8, 4) is 0 Å². The Labute approximate surface area is 123 Å². The van der Waals surface area contributed by atoms with Gasteiger partial charge in [-0.1, -0.05) is 6.42 Å². The van der Waals surface area contributed by atoms with Gasteiger partial charge in [0.1, 0.15) is 17.6 Å². The second-order valence-electron chi connectivity index (χ2n) is 5.90. The second-order valence-corrected chi connectivity index (χ2v) is 5.90. The largest absolute Gasteiger partial charge is 0.417 e. The Bertz CT molecular complexity index is 637. The van der Waals surface area contributed by atoms with Crippen LogP contribution in [0.25, 0.3) is 0 Å². The molecule has 118 valence electrons. The van der Waals surface area contributed by atoms with Crippen LogP contribution in [-0.2, 0) is 4.79 Å². The molecule has 0 heterocycles. The molecule has 1 N–H and O–H groups in total. The van der Waals surface area contributed by atoms with E-state index in [0.29, 0.717) is 19.3 Å². The molecule has 22 heavy (non-hydrogen) atoms. The van der Waals surface area contributed by atoms with Crippen molar-refractivity contribution >= 4 is 11.5 Å². The number of hydrogen-bond donors (Lipinski definition) is 1. The van der Waals surface area contributed by atoms with Crippen LogP contribution < -0.4 is 0 Å². The van der Waals surface area contributed by atoms with Crippen molar-refractivity contribution in [2.75, 3.05) is 0 Å². The van der Waals surface area contributed by atoms with E-state index in [0.717, 1.165) is 6.08 Å². The third kappa shape index (κ3) is 1.79. The number of ketones is 1. The van der Waals surface area contributed by atoms with Gasteiger partial charge in [0, 0.05) is 21.7 Å². The number of Topliss-reactive ketones (excluding diaryl/α,β-unsaturated/α-hetero) is 1. The van der Waals surface area contributed by atoms with Gasteiger partial charge in [-0.2, -0.15) is 0 Å². The lowest BCUT2D eigenvalue weighted by atomic mass is 9.55. The minimum Gasteiger partial charge on any atom is -0.417 e. The van der Waals surface area contributed by atoms with Gasteiger partial charge < -0.3 is 5.21 Å². The second kappa shape index (κ2) is 4.75. The predicted molar refractivity (Wildman–Crippen MR) is 69.1 cm³/mol. The van der Waals surface area contributed by atoms with Gasteiger partial charge in [0.25, 0.3) is 11.4 Å². The summed E-state index contributed by atoms with van der Waals surface area (Å²) in [7, 11) is 0. The minimum absolute atomic E-state index is 0.272. The highest BCUT2D eigenvalue weighted by atomic mass is 16.8. The first-order chi connectivity index (χ1) is 10.3. The first-order valence-corrected chi connectivity index (χ1v) is 6.90. The molecule has 10 nitrogen and oxygen atoms in total. The maximum atomic E-state index is 12.4. The monoisotopic (exact) mass is 311 g/mol. The molecule has 5 atom stereocenters. The molecule has 4 bridgehead atoms. The van der Waals surface area contributed by atoms with E-state index in [1.807, 2.05) is 0 Å². The topological polar surface area (TPSA) is 150 Å². The normalized spacial score (nSPS) is 39.0. The van der Waals surface area contributed by atoms with E-state index < -0.39 is 55.9 Å². The molecular formula is C12H13N3O7. The Morgan fingerprint density at radius 1 is 1.09 bits per heavy atom. The lowest BCUT2D eigenvalue weighted by molar-refractivity contribution is -0.728. The molecule has 0 aliphatic heterocycles. The molecule has 0 amide bonds. The smallest absolute Gasteiger partial charge is 0.263 e. The molecule has 0 radical (unpaired) electrons. The summed E-state index contributed by atoms with van der Waals surface area (Å²) >= 11 is 0. The summed E-state index contributed by atoms with van der Waals surface area (Å²) in [6, 6.07) is -1.43. The van der Waals surface area contributed by atoms with Crippen molar-refractivity contribution in [3.63, 3.8) is 0 Å². The van der Waals surface area contributed by atoms with E-state index in [1.54, 1.807) is 0 Å². The van der Waals surface area contributed by atoms with Gasteiger partial charge in [0.2, 0.25) is 6.04 Å². The number of hydrogen-bond acceptors (Lipinski definition) is 7. The number of rotatable bonds is 2. The third-order valence-corrected chi connectivity index (χ3v) is 5.02. The Morgan fingerprint density at radius 2 is 1.68 bits per heavy atom. The molecular weight excluding hydrogens is 298 g/mol. The first-order valence-electron chi connectivity index (χ1n) is 6.90. The minimum atomic E-state index is -1.43. The molecule has 0 unspecified atom stereocenters. The van der Waals surface area contributed by atoms with Crippen LogP contribution in [0.3, 0.4) is 0 Å². The van der Waals surface area contributed by atoms with Gasteiger partial charge in [-0.05, 0) is 12.8 Å². The quantitative estimate of drug-likeness (QED) is 0.335. The van der Waals surface area contributed by atoms with Gasteiger partial charge in [0.05, 0.1) is 11.0 Å². The van der Waals surface area contributed by atoms with Crippen molar-refractivity contribution in [3.05, 3.63) is 37.2 Å². The highest BCUT2D eigenvalue weighted by Gasteiger charge is 2.66. The molecule has 0 aromatic rings. The van der Waals surface area contributed by atoms with E-state index in [1.165, 1.54) is 0 Å². The SMILES string of the molecule is O=C1[C@H]2CCC[C@@H]1[C@H]1C(=[N+]([O-])O)C=C([N+](=O)[O-])[C@H]2[C@@H]1[N+](=O)[O-]. The molecule has 0 saturated heterocycles. The zero-order valence-corrected chi connectivity index (χ0v) is 11.3. The Kier molecular flexibility index (Phi) is 3.11. The van der Waals surface area contributed by atoms with Gasteiger partial charge in [-0.15, -0.1) is 0 Å². The fourth-order valence-electron chi connectivity index (χ4n) is 4.26. The summed E-state index contributed by atoms with van der Waals surface area (Å²) in [5.74, 6) is -4.04. The van der Waals surface area contributed by atoms with Crippen LogP contribution in [0.4, 0.5) is 0 Å². The lowest BCUT2D eigenvalue weighted by Crippen LogP contribution is -2.61. The zero-order valence-electron chi connectivity index (χ0n) is 11.3. The fourth-order valence-corrected chi connectivity index (χ4v) is 4.26. The summed E-state index contributed by atoms with van der Waals surface area (Å²) in [4.78, 5) is 33.1. The number of fused-ring (bicyclic) bond motifs is 6. The van der Waals surface area contributed by atoms with Crippen molar-refractivity contribution in [2.45, 2.75) is 25.3 Å². The predicted octanol–water partition coefficient (Wildman–Crippen LogP) is 0.378.